The normalized spacial score (nSPS) is 11.8. The summed E-state index contributed by atoms with van der Waals surface area (Å²) < 4.78 is 25.9. The minimum absolute atomic E-state index is 0.0487. The van der Waals surface area contributed by atoms with Crippen LogP contribution in [0.5, 0.6) is 0 Å². The second-order valence-electron chi connectivity index (χ2n) is 4.54. The Hall–Kier alpha value is -1.67. The lowest BCUT2D eigenvalue weighted by molar-refractivity contribution is -0.121. The van der Waals surface area contributed by atoms with Gasteiger partial charge >= 0.3 is 0 Å². The number of anilines is 1. The number of amides is 1. The second-order valence-corrected chi connectivity index (χ2v) is 6.45. The summed E-state index contributed by atoms with van der Waals surface area (Å²) in [5.41, 5.74) is 5.59. The first-order chi connectivity index (χ1) is 9.28. The van der Waals surface area contributed by atoms with Gasteiger partial charge in [0.15, 0.2) is 0 Å². The van der Waals surface area contributed by atoms with Gasteiger partial charge in [-0.25, -0.2) is 13.4 Å². The van der Waals surface area contributed by atoms with Crippen LogP contribution in [0.4, 0.5) is 5.82 Å². The van der Waals surface area contributed by atoms with Gasteiger partial charge in [0.05, 0.1) is 6.54 Å². The molecule has 1 aromatic rings. The van der Waals surface area contributed by atoms with Crippen molar-refractivity contribution in [1.29, 1.82) is 0 Å². The summed E-state index contributed by atoms with van der Waals surface area (Å²) in [6, 6.07) is 2.82. The topological polar surface area (TPSA) is 105 Å². The van der Waals surface area contributed by atoms with E-state index >= 15 is 0 Å². The fourth-order valence-corrected chi connectivity index (χ4v) is 3.13. The molecule has 0 aliphatic heterocycles. The Labute approximate surface area is 119 Å². The predicted octanol–water partition coefficient (Wildman–Crippen LogP) is 0.199. The van der Waals surface area contributed by atoms with Crippen LogP contribution < -0.4 is 11.1 Å². The van der Waals surface area contributed by atoms with Crippen molar-refractivity contribution in [2.75, 3.05) is 18.8 Å². The van der Waals surface area contributed by atoms with Gasteiger partial charge in [0.25, 0.3) is 0 Å². The minimum atomic E-state index is -3.83. The number of hydrogen-bond acceptors (Lipinski definition) is 5. The van der Waals surface area contributed by atoms with E-state index in [1.54, 1.807) is 6.92 Å². The Morgan fingerprint density at radius 2 is 2.15 bits per heavy atom. The van der Waals surface area contributed by atoms with Crippen molar-refractivity contribution < 1.29 is 13.2 Å². The van der Waals surface area contributed by atoms with E-state index in [0.29, 0.717) is 0 Å². The van der Waals surface area contributed by atoms with Crippen molar-refractivity contribution >= 4 is 21.7 Å². The first kappa shape index (κ1) is 16.4. The highest BCUT2D eigenvalue weighted by atomic mass is 32.2. The van der Waals surface area contributed by atoms with Crippen LogP contribution in [0.1, 0.15) is 20.8 Å². The number of carbonyl (C=O) groups excluding carboxylic acids is 1. The van der Waals surface area contributed by atoms with Gasteiger partial charge in [-0.05, 0) is 26.0 Å². The highest BCUT2D eigenvalue weighted by molar-refractivity contribution is 7.89. The summed E-state index contributed by atoms with van der Waals surface area (Å²) in [5.74, 6) is -0.428. The molecule has 1 amide bonds. The molecule has 112 valence electrons. The number of nitrogens with two attached hydrogens (primary N) is 1. The van der Waals surface area contributed by atoms with Gasteiger partial charge < -0.3 is 11.1 Å². The van der Waals surface area contributed by atoms with Gasteiger partial charge in [0, 0.05) is 18.8 Å². The smallest absolute Gasteiger partial charge is 0.247 e. The standard InChI is InChI=1S/C12H20N4O3S/c1-4-16(8-11(17)15-9(2)3)20(18,19)10-6-5-7-14-12(10)13/h5-7,9H,4,8H2,1-3H3,(H2,13,14)(H,15,17). The van der Waals surface area contributed by atoms with Gasteiger partial charge in [0.1, 0.15) is 10.7 Å². The van der Waals surface area contributed by atoms with Crippen molar-refractivity contribution in [1.82, 2.24) is 14.6 Å². The lowest BCUT2D eigenvalue weighted by Crippen LogP contribution is -2.42. The molecule has 0 radical (unpaired) electrons. The predicted molar refractivity (Wildman–Crippen MR) is 76.4 cm³/mol. The van der Waals surface area contributed by atoms with Crippen molar-refractivity contribution in [2.24, 2.45) is 0 Å². The lowest BCUT2D eigenvalue weighted by atomic mass is 10.4. The van der Waals surface area contributed by atoms with Crippen molar-refractivity contribution in [3.63, 3.8) is 0 Å². The Morgan fingerprint density at radius 1 is 1.50 bits per heavy atom. The molecule has 7 nitrogen and oxygen atoms in total. The molecule has 0 atom stereocenters. The number of likely N-dealkylation sites (N-methyl/N-ethyl adjacent to an activating group) is 1. The molecule has 3 N–H and O–H groups in total. The molecule has 8 heteroatoms. The van der Waals surface area contributed by atoms with E-state index in [1.807, 2.05) is 13.8 Å². The Balaban J connectivity index is 3.00. The number of aromatic nitrogens is 1. The Bertz CT molecular complexity index is 572. The highest BCUT2D eigenvalue weighted by Crippen LogP contribution is 2.19. The van der Waals surface area contributed by atoms with Crippen LogP contribution in [-0.2, 0) is 14.8 Å². The van der Waals surface area contributed by atoms with E-state index in [4.69, 9.17) is 5.73 Å². The Kier molecular flexibility index (Phi) is 5.46. The summed E-state index contributed by atoms with van der Waals surface area (Å²) in [6.07, 6.45) is 1.41. The van der Waals surface area contributed by atoms with E-state index in [1.165, 1.54) is 18.3 Å². The fourth-order valence-electron chi connectivity index (χ4n) is 1.65. The molecule has 20 heavy (non-hydrogen) atoms. The molecule has 1 rings (SSSR count). The zero-order valence-corrected chi connectivity index (χ0v) is 12.6. The van der Waals surface area contributed by atoms with E-state index in [-0.39, 0.29) is 35.8 Å². The van der Waals surface area contributed by atoms with Crippen LogP contribution in [0.2, 0.25) is 0 Å². The molecule has 0 aliphatic carbocycles. The number of carbonyl (C=O) groups is 1. The number of nitrogens with one attached hydrogen (secondary N) is 1. The van der Waals surface area contributed by atoms with Gasteiger partial charge in [-0.2, -0.15) is 4.31 Å². The Morgan fingerprint density at radius 3 is 2.65 bits per heavy atom. The first-order valence-electron chi connectivity index (χ1n) is 6.29. The third kappa shape index (κ3) is 3.91. The first-order valence-corrected chi connectivity index (χ1v) is 7.73. The molecule has 0 saturated heterocycles. The molecular formula is C12H20N4O3S. The number of nitrogen functional groups attached to an aromatic ring is 1. The number of rotatable bonds is 6. The fraction of sp³-hybridized carbons (Fsp3) is 0.500. The summed E-state index contributed by atoms with van der Waals surface area (Å²) in [4.78, 5) is 15.4. The van der Waals surface area contributed by atoms with Crippen molar-refractivity contribution in [3.8, 4) is 0 Å². The summed E-state index contributed by atoms with van der Waals surface area (Å²) >= 11 is 0. The van der Waals surface area contributed by atoms with Gasteiger partial charge in [-0.15, -0.1) is 0 Å². The lowest BCUT2D eigenvalue weighted by Gasteiger charge is -2.21. The number of nitrogens with zero attached hydrogens (tertiary/aromatic N) is 2. The third-order valence-electron chi connectivity index (χ3n) is 2.54. The maximum atomic E-state index is 12.4. The van der Waals surface area contributed by atoms with E-state index in [2.05, 4.69) is 10.3 Å². The quantitative estimate of drug-likeness (QED) is 0.780. The van der Waals surface area contributed by atoms with Crippen LogP contribution in [0.15, 0.2) is 23.2 Å². The number of pyridine rings is 1. The highest BCUT2D eigenvalue weighted by Gasteiger charge is 2.27. The average Bonchev–Trinajstić information content (AvgIpc) is 2.35. The largest absolute Gasteiger partial charge is 0.383 e. The van der Waals surface area contributed by atoms with Gasteiger partial charge in [0.2, 0.25) is 15.9 Å². The molecule has 0 bridgehead atoms. The summed E-state index contributed by atoms with van der Waals surface area (Å²) in [7, 11) is -3.83. The SMILES string of the molecule is CCN(CC(=O)NC(C)C)S(=O)(=O)c1cccnc1N. The van der Waals surface area contributed by atoms with Crippen LogP contribution >= 0.6 is 0 Å². The zero-order chi connectivity index (χ0) is 15.3. The molecule has 0 aromatic carbocycles. The monoisotopic (exact) mass is 300 g/mol. The van der Waals surface area contributed by atoms with Crippen LogP contribution in [-0.4, -0.2) is 42.7 Å². The third-order valence-corrected chi connectivity index (χ3v) is 4.51. The molecular weight excluding hydrogens is 280 g/mol. The number of sulfonamides is 1. The van der Waals surface area contributed by atoms with Crippen LogP contribution in [0.3, 0.4) is 0 Å². The van der Waals surface area contributed by atoms with E-state index < -0.39 is 10.0 Å². The maximum Gasteiger partial charge on any atom is 0.247 e. The van der Waals surface area contributed by atoms with E-state index in [0.717, 1.165) is 4.31 Å². The van der Waals surface area contributed by atoms with E-state index in [9.17, 15) is 13.2 Å². The molecule has 0 unspecified atom stereocenters. The van der Waals surface area contributed by atoms with Crippen LogP contribution in [0.25, 0.3) is 0 Å². The molecule has 1 heterocycles. The van der Waals surface area contributed by atoms with Crippen molar-refractivity contribution in [2.45, 2.75) is 31.7 Å². The maximum absolute atomic E-state index is 12.4. The van der Waals surface area contributed by atoms with Gasteiger partial charge in [-0.3, -0.25) is 4.79 Å². The van der Waals surface area contributed by atoms with Gasteiger partial charge in [-0.1, -0.05) is 6.92 Å². The molecule has 0 fully saturated rings. The molecule has 0 aliphatic rings. The molecule has 0 saturated carbocycles. The molecule has 0 spiro atoms. The minimum Gasteiger partial charge on any atom is -0.383 e. The average molecular weight is 300 g/mol. The van der Waals surface area contributed by atoms with Crippen molar-refractivity contribution in [3.05, 3.63) is 18.3 Å². The summed E-state index contributed by atoms with van der Waals surface area (Å²) in [5, 5.41) is 2.65. The second kappa shape index (κ2) is 6.67. The number of hydrogen-bond donors (Lipinski definition) is 2. The zero-order valence-electron chi connectivity index (χ0n) is 11.8. The molecule has 1 aromatic heterocycles. The summed E-state index contributed by atoms with van der Waals surface area (Å²) in [6.45, 7) is 5.20. The van der Waals surface area contributed by atoms with Crippen LogP contribution in [0, 0.1) is 0 Å².